The van der Waals surface area contributed by atoms with Crippen LogP contribution >= 0.6 is 0 Å². The summed E-state index contributed by atoms with van der Waals surface area (Å²) in [6.45, 7) is 4.57. The number of benzene rings is 2. The van der Waals surface area contributed by atoms with Gasteiger partial charge in [-0.1, -0.05) is 36.4 Å². The van der Waals surface area contributed by atoms with E-state index in [1.54, 1.807) is 26.4 Å². The Morgan fingerprint density at radius 3 is 2.65 bits per heavy atom. The van der Waals surface area contributed by atoms with Crippen LogP contribution in [0.2, 0.25) is 0 Å². The molecule has 1 aliphatic heterocycles. The minimum absolute atomic E-state index is 0.0302. The van der Waals surface area contributed by atoms with Crippen LogP contribution in [0.5, 0.6) is 11.5 Å². The second kappa shape index (κ2) is 8.09. The third kappa shape index (κ3) is 3.45. The van der Waals surface area contributed by atoms with Gasteiger partial charge in [-0.3, -0.25) is 4.79 Å². The molecular formula is C22H25NO3. The van der Waals surface area contributed by atoms with Gasteiger partial charge in [-0.25, -0.2) is 0 Å². The first-order valence-corrected chi connectivity index (χ1v) is 8.91. The van der Waals surface area contributed by atoms with Gasteiger partial charge in [0.2, 0.25) is 0 Å². The molecule has 0 saturated carbocycles. The Labute approximate surface area is 155 Å². The maximum absolute atomic E-state index is 13.3. The predicted octanol–water partition coefficient (Wildman–Crippen LogP) is 4.41. The number of allylic oxidation sites excluding steroid dienone is 1. The summed E-state index contributed by atoms with van der Waals surface area (Å²) in [4.78, 5) is 15.2. The summed E-state index contributed by atoms with van der Waals surface area (Å²) >= 11 is 0. The average molecular weight is 351 g/mol. The van der Waals surface area contributed by atoms with Crippen LogP contribution in [0.4, 0.5) is 0 Å². The summed E-state index contributed by atoms with van der Waals surface area (Å²) < 4.78 is 10.9. The molecule has 1 aliphatic rings. The topological polar surface area (TPSA) is 38.8 Å². The molecule has 2 aromatic carbocycles. The second-order valence-electron chi connectivity index (χ2n) is 6.43. The standard InChI is InChI=1S/C22H25NO3/c1-4-9-17-14-18(15-20(25-2)21(17)26-3)22(24)23-13-8-12-19(23)16-10-6-5-7-11-16/h4-7,10-11,14-15,19H,1,8-9,12-13H2,2-3H3. The molecule has 0 bridgehead atoms. The van der Waals surface area contributed by atoms with E-state index in [4.69, 9.17) is 9.47 Å². The third-order valence-electron chi connectivity index (χ3n) is 4.87. The zero-order valence-corrected chi connectivity index (χ0v) is 15.4. The number of carbonyl (C=O) groups excluding carboxylic acids is 1. The molecule has 1 amide bonds. The first-order valence-electron chi connectivity index (χ1n) is 8.91. The summed E-state index contributed by atoms with van der Waals surface area (Å²) in [6, 6.07) is 14.0. The molecule has 2 aromatic rings. The lowest BCUT2D eigenvalue weighted by Gasteiger charge is -2.26. The van der Waals surface area contributed by atoms with Crippen LogP contribution < -0.4 is 9.47 Å². The van der Waals surface area contributed by atoms with Gasteiger partial charge in [0.25, 0.3) is 5.91 Å². The number of likely N-dealkylation sites (tertiary alicyclic amines) is 1. The number of hydrogen-bond acceptors (Lipinski definition) is 3. The van der Waals surface area contributed by atoms with Gasteiger partial charge in [-0.2, -0.15) is 0 Å². The second-order valence-corrected chi connectivity index (χ2v) is 6.43. The van der Waals surface area contributed by atoms with Crippen molar-refractivity contribution < 1.29 is 14.3 Å². The Bertz CT molecular complexity index is 785. The van der Waals surface area contributed by atoms with E-state index >= 15 is 0 Å². The largest absolute Gasteiger partial charge is 0.493 e. The first kappa shape index (κ1) is 18.1. The molecule has 0 radical (unpaired) electrons. The monoisotopic (exact) mass is 351 g/mol. The van der Waals surface area contributed by atoms with Crippen molar-refractivity contribution in [2.45, 2.75) is 25.3 Å². The van der Waals surface area contributed by atoms with Crippen LogP contribution in [-0.2, 0) is 6.42 Å². The summed E-state index contributed by atoms with van der Waals surface area (Å²) in [5, 5.41) is 0. The number of ether oxygens (including phenoxy) is 2. The van der Waals surface area contributed by atoms with Crippen LogP contribution in [0, 0.1) is 0 Å². The summed E-state index contributed by atoms with van der Waals surface area (Å²) in [5.41, 5.74) is 2.72. The van der Waals surface area contributed by atoms with Gasteiger partial charge in [0, 0.05) is 17.7 Å². The van der Waals surface area contributed by atoms with E-state index in [-0.39, 0.29) is 11.9 Å². The van der Waals surface area contributed by atoms with Crippen LogP contribution in [0.1, 0.15) is 40.4 Å². The highest BCUT2D eigenvalue weighted by Gasteiger charge is 2.31. The van der Waals surface area contributed by atoms with Gasteiger partial charge in [-0.15, -0.1) is 6.58 Å². The molecule has 0 N–H and O–H groups in total. The quantitative estimate of drug-likeness (QED) is 0.724. The van der Waals surface area contributed by atoms with Crippen molar-refractivity contribution in [3.8, 4) is 11.5 Å². The molecule has 4 heteroatoms. The zero-order chi connectivity index (χ0) is 18.5. The SMILES string of the molecule is C=CCc1cc(C(=O)N2CCCC2c2ccccc2)cc(OC)c1OC. The van der Waals surface area contributed by atoms with Gasteiger partial charge in [-0.05, 0) is 37.0 Å². The van der Waals surface area contributed by atoms with Crippen LogP contribution in [-0.4, -0.2) is 31.6 Å². The average Bonchev–Trinajstić information content (AvgIpc) is 3.17. The Balaban J connectivity index is 1.96. The first-order chi connectivity index (χ1) is 12.7. The maximum Gasteiger partial charge on any atom is 0.254 e. The molecule has 0 spiro atoms. The zero-order valence-electron chi connectivity index (χ0n) is 15.4. The van der Waals surface area contributed by atoms with Gasteiger partial charge in [0.1, 0.15) is 0 Å². The third-order valence-corrected chi connectivity index (χ3v) is 4.87. The molecule has 1 heterocycles. The molecule has 0 aliphatic carbocycles. The van der Waals surface area contributed by atoms with E-state index in [2.05, 4.69) is 18.7 Å². The van der Waals surface area contributed by atoms with Gasteiger partial charge in [0.05, 0.1) is 20.3 Å². The fourth-order valence-electron chi connectivity index (χ4n) is 3.67. The fourth-order valence-corrected chi connectivity index (χ4v) is 3.67. The minimum atomic E-state index is 0.0302. The van der Waals surface area contributed by atoms with Crippen LogP contribution in [0.15, 0.2) is 55.1 Å². The molecule has 1 fully saturated rings. The molecule has 3 rings (SSSR count). The molecule has 1 saturated heterocycles. The number of hydrogen-bond donors (Lipinski definition) is 0. The van der Waals surface area contributed by atoms with E-state index in [1.165, 1.54) is 5.56 Å². The van der Waals surface area contributed by atoms with Gasteiger partial charge >= 0.3 is 0 Å². The highest BCUT2D eigenvalue weighted by atomic mass is 16.5. The minimum Gasteiger partial charge on any atom is -0.493 e. The molecule has 26 heavy (non-hydrogen) atoms. The van der Waals surface area contributed by atoms with E-state index in [9.17, 15) is 4.79 Å². The lowest BCUT2D eigenvalue weighted by molar-refractivity contribution is 0.0735. The predicted molar refractivity (Wildman–Crippen MR) is 103 cm³/mol. The number of nitrogens with zero attached hydrogens (tertiary/aromatic N) is 1. The molecule has 1 unspecified atom stereocenters. The Hall–Kier alpha value is -2.75. The van der Waals surface area contributed by atoms with E-state index in [0.717, 1.165) is 24.9 Å². The Kier molecular flexibility index (Phi) is 5.61. The molecule has 1 atom stereocenters. The van der Waals surface area contributed by atoms with Gasteiger partial charge < -0.3 is 14.4 Å². The van der Waals surface area contributed by atoms with Crippen LogP contribution in [0.3, 0.4) is 0 Å². The van der Waals surface area contributed by atoms with Gasteiger partial charge in [0.15, 0.2) is 11.5 Å². The van der Waals surface area contributed by atoms with E-state index in [0.29, 0.717) is 23.5 Å². The number of carbonyl (C=O) groups is 1. The van der Waals surface area contributed by atoms with E-state index < -0.39 is 0 Å². The number of amides is 1. The molecule has 4 nitrogen and oxygen atoms in total. The normalized spacial score (nSPS) is 16.4. The Morgan fingerprint density at radius 2 is 2.00 bits per heavy atom. The number of rotatable bonds is 6. The summed E-state index contributed by atoms with van der Waals surface area (Å²) in [7, 11) is 3.20. The van der Waals surface area contributed by atoms with Crippen molar-refractivity contribution in [1.29, 1.82) is 0 Å². The van der Waals surface area contributed by atoms with Crippen molar-refractivity contribution in [1.82, 2.24) is 4.90 Å². The van der Waals surface area contributed by atoms with Crippen LogP contribution in [0.25, 0.3) is 0 Å². The Morgan fingerprint density at radius 1 is 1.23 bits per heavy atom. The van der Waals surface area contributed by atoms with Crippen molar-refractivity contribution in [3.05, 3.63) is 71.8 Å². The highest BCUT2D eigenvalue weighted by molar-refractivity contribution is 5.95. The summed E-state index contributed by atoms with van der Waals surface area (Å²) in [6.07, 6.45) is 4.41. The molecule has 0 aromatic heterocycles. The molecular weight excluding hydrogens is 326 g/mol. The van der Waals surface area contributed by atoms with Crippen molar-refractivity contribution in [3.63, 3.8) is 0 Å². The van der Waals surface area contributed by atoms with E-state index in [1.807, 2.05) is 29.2 Å². The molecule has 136 valence electrons. The summed E-state index contributed by atoms with van der Waals surface area (Å²) in [5.74, 6) is 1.26. The van der Waals surface area contributed by atoms with Crippen molar-refractivity contribution in [2.24, 2.45) is 0 Å². The lowest BCUT2D eigenvalue weighted by atomic mass is 10.0. The van der Waals surface area contributed by atoms with Crippen molar-refractivity contribution in [2.75, 3.05) is 20.8 Å². The maximum atomic E-state index is 13.3. The van der Waals surface area contributed by atoms with Crippen molar-refractivity contribution >= 4 is 5.91 Å². The highest BCUT2D eigenvalue weighted by Crippen LogP contribution is 2.37. The lowest BCUT2D eigenvalue weighted by Crippen LogP contribution is -2.30. The number of methoxy groups -OCH3 is 2. The fraction of sp³-hybridized carbons (Fsp3) is 0.318. The smallest absolute Gasteiger partial charge is 0.254 e.